The third kappa shape index (κ3) is 4.53. The van der Waals surface area contributed by atoms with Crippen molar-refractivity contribution in [1.29, 1.82) is 0 Å². The van der Waals surface area contributed by atoms with Gasteiger partial charge in [-0.3, -0.25) is 4.79 Å². The summed E-state index contributed by atoms with van der Waals surface area (Å²) in [4.78, 5) is 15.4. The molecule has 1 fully saturated rings. The molecule has 3 aliphatic heterocycles. The Kier molecular flexibility index (Phi) is 6.26. The van der Waals surface area contributed by atoms with Crippen LogP contribution in [0, 0.1) is 0 Å². The lowest BCUT2D eigenvalue weighted by Gasteiger charge is -2.27. The van der Waals surface area contributed by atoms with Gasteiger partial charge in [0, 0.05) is 36.4 Å². The van der Waals surface area contributed by atoms with E-state index in [2.05, 4.69) is 5.32 Å². The van der Waals surface area contributed by atoms with Crippen molar-refractivity contribution in [3.05, 3.63) is 83.4 Å². The highest BCUT2D eigenvalue weighted by atomic mass is 32.2. The summed E-state index contributed by atoms with van der Waals surface area (Å²) in [5.41, 5.74) is 3.20. The zero-order chi connectivity index (χ0) is 25.4. The van der Waals surface area contributed by atoms with Crippen molar-refractivity contribution in [3.63, 3.8) is 0 Å². The molecule has 0 radical (unpaired) electrons. The molecule has 9 heteroatoms. The van der Waals surface area contributed by atoms with Gasteiger partial charge in [0.2, 0.25) is 16.8 Å². The van der Waals surface area contributed by atoms with E-state index in [1.807, 2.05) is 42.5 Å². The molecule has 8 nitrogen and oxygen atoms in total. The molecule has 1 unspecified atom stereocenters. The third-order valence-electron chi connectivity index (χ3n) is 7.21. The fraction of sp³-hybridized carbons (Fsp3) is 0.321. The summed E-state index contributed by atoms with van der Waals surface area (Å²) in [6.07, 6.45) is 3.53. The first kappa shape index (κ1) is 23.8. The molecule has 1 amide bonds. The van der Waals surface area contributed by atoms with E-state index in [0.717, 1.165) is 42.5 Å². The maximum atomic E-state index is 13.4. The van der Waals surface area contributed by atoms with Crippen LogP contribution >= 0.6 is 0 Å². The second-order valence-electron chi connectivity index (χ2n) is 9.60. The molecule has 192 valence electrons. The zero-order valence-electron chi connectivity index (χ0n) is 20.4. The van der Waals surface area contributed by atoms with E-state index in [0.29, 0.717) is 41.6 Å². The molecule has 1 N–H and O–H groups in total. The van der Waals surface area contributed by atoms with Gasteiger partial charge in [0.05, 0.1) is 4.90 Å². The Morgan fingerprint density at radius 1 is 0.865 bits per heavy atom. The van der Waals surface area contributed by atoms with Gasteiger partial charge in [0.1, 0.15) is 6.17 Å². The highest BCUT2D eigenvalue weighted by Crippen LogP contribution is 2.38. The van der Waals surface area contributed by atoms with Crippen molar-refractivity contribution in [1.82, 2.24) is 9.21 Å². The van der Waals surface area contributed by atoms with Crippen molar-refractivity contribution in [2.45, 2.75) is 43.3 Å². The molecule has 1 saturated heterocycles. The largest absolute Gasteiger partial charge is 0.454 e. The van der Waals surface area contributed by atoms with Crippen molar-refractivity contribution in [2.75, 3.05) is 25.2 Å². The second-order valence-corrected chi connectivity index (χ2v) is 11.5. The molecule has 37 heavy (non-hydrogen) atoms. The van der Waals surface area contributed by atoms with Crippen LogP contribution in [0.25, 0.3) is 0 Å². The van der Waals surface area contributed by atoms with Crippen LogP contribution in [0.1, 0.15) is 53.3 Å². The molecule has 0 saturated carbocycles. The maximum absolute atomic E-state index is 13.4. The van der Waals surface area contributed by atoms with Gasteiger partial charge in [-0.1, -0.05) is 37.1 Å². The van der Waals surface area contributed by atoms with Crippen LogP contribution < -0.4 is 14.8 Å². The summed E-state index contributed by atoms with van der Waals surface area (Å²) in [5.74, 6) is 1.31. The number of sulfonamides is 1. The minimum atomic E-state index is -3.52. The number of hydrogen-bond acceptors (Lipinski definition) is 6. The monoisotopic (exact) mass is 519 g/mol. The zero-order valence-corrected chi connectivity index (χ0v) is 21.2. The van der Waals surface area contributed by atoms with Crippen LogP contribution in [0.2, 0.25) is 0 Å². The van der Waals surface area contributed by atoms with Crippen LogP contribution in [0.4, 0.5) is 5.69 Å². The Morgan fingerprint density at radius 3 is 2.38 bits per heavy atom. The third-order valence-corrected chi connectivity index (χ3v) is 9.12. The summed E-state index contributed by atoms with van der Waals surface area (Å²) in [7, 11) is -3.52. The number of fused-ring (bicyclic) bond motifs is 2. The molecule has 0 aliphatic carbocycles. The summed E-state index contributed by atoms with van der Waals surface area (Å²) in [6.45, 7) is 1.71. The number of nitrogens with zero attached hydrogens (tertiary/aromatic N) is 2. The molecular weight excluding hydrogens is 490 g/mol. The SMILES string of the molecule is O=C1c2ccccc2C(Nc2ccc(S(=O)(=O)N3CCCCCC3)cc2)N1Cc1ccc2c(c1)OCO2. The fourth-order valence-electron chi connectivity index (χ4n) is 5.24. The fourth-order valence-corrected chi connectivity index (χ4v) is 6.75. The van der Waals surface area contributed by atoms with E-state index in [1.54, 1.807) is 33.5 Å². The van der Waals surface area contributed by atoms with E-state index in [4.69, 9.17) is 9.47 Å². The van der Waals surface area contributed by atoms with Crippen molar-refractivity contribution in [2.24, 2.45) is 0 Å². The van der Waals surface area contributed by atoms with Gasteiger partial charge in [-0.25, -0.2) is 8.42 Å². The van der Waals surface area contributed by atoms with Crippen LogP contribution in [0.15, 0.2) is 71.6 Å². The quantitative estimate of drug-likeness (QED) is 0.506. The molecule has 3 heterocycles. The topological polar surface area (TPSA) is 88.2 Å². The predicted octanol–water partition coefficient (Wildman–Crippen LogP) is 4.75. The average Bonchev–Trinajstić information content (AvgIpc) is 3.34. The molecule has 3 aromatic carbocycles. The maximum Gasteiger partial charge on any atom is 0.256 e. The highest BCUT2D eigenvalue weighted by molar-refractivity contribution is 7.89. The molecule has 3 aromatic rings. The van der Waals surface area contributed by atoms with Crippen LogP contribution in [0.3, 0.4) is 0 Å². The van der Waals surface area contributed by atoms with Gasteiger partial charge in [-0.2, -0.15) is 4.31 Å². The van der Waals surface area contributed by atoms with Crippen molar-refractivity contribution in [3.8, 4) is 11.5 Å². The number of carbonyl (C=O) groups is 1. The molecular formula is C28H29N3O5S. The normalized spacial score (nSPS) is 19.5. The number of benzene rings is 3. The summed E-state index contributed by atoms with van der Waals surface area (Å²) in [6, 6.07) is 20.1. The molecule has 0 aromatic heterocycles. The average molecular weight is 520 g/mol. The van der Waals surface area contributed by atoms with Gasteiger partial charge >= 0.3 is 0 Å². The standard InChI is InChI=1S/C28H29N3O5S/c32-28-24-8-4-3-7-23(24)27(31(28)18-20-9-14-25-26(17-20)36-19-35-25)29-21-10-12-22(13-11-21)37(33,34)30-15-5-1-2-6-16-30/h3-4,7-14,17,27,29H,1-2,5-6,15-16,18-19H2. The molecule has 0 spiro atoms. The smallest absolute Gasteiger partial charge is 0.256 e. The van der Waals surface area contributed by atoms with Crippen LogP contribution in [-0.2, 0) is 16.6 Å². The number of amides is 1. The van der Waals surface area contributed by atoms with Gasteiger partial charge in [0.15, 0.2) is 11.5 Å². The van der Waals surface area contributed by atoms with Crippen molar-refractivity contribution < 1.29 is 22.7 Å². The van der Waals surface area contributed by atoms with E-state index in [-0.39, 0.29) is 12.7 Å². The Bertz CT molecular complexity index is 1420. The molecule has 0 bridgehead atoms. The minimum absolute atomic E-state index is 0.0638. The van der Waals surface area contributed by atoms with Gasteiger partial charge in [-0.05, 0) is 60.9 Å². The van der Waals surface area contributed by atoms with E-state index in [9.17, 15) is 13.2 Å². The Morgan fingerprint density at radius 2 is 1.59 bits per heavy atom. The summed E-state index contributed by atoms with van der Waals surface area (Å²) < 4.78 is 38.9. The first-order valence-corrected chi connectivity index (χ1v) is 14.1. The second kappa shape index (κ2) is 9.72. The van der Waals surface area contributed by atoms with Crippen LogP contribution in [0.5, 0.6) is 11.5 Å². The Labute approximate surface area is 216 Å². The number of nitrogens with one attached hydrogen (secondary N) is 1. The first-order valence-electron chi connectivity index (χ1n) is 12.7. The lowest BCUT2D eigenvalue weighted by Crippen LogP contribution is -2.32. The lowest BCUT2D eigenvalue weighted by atomic mass is 10.1. The molecule has 1 atom stereocenters. The van der Waals surface area contributed by atoms with Gasteiger partial charge in [0.25, 0.3) is 5.91 Å². The summed E-state index contributed by atoms with van der Waals surface area (Å²) in [5, 5.41) is 3.46. The van der Waals surface area contributed by atoms with E-state index >= 15 is 0 Å². The first-order chi connectivity index (χ1) is 18.0. The molecule has 3 aliphatic rings. The number of rotatable bonds is 6. The van der Waals surface area contributed by atoms with Crippen LogP contribution in [-0.4, -0.2) is 43.4 Å². The Balaban J connectivity index is 1.25. The van der Waals surface area contributed by atoms with Gasteiger partial charge in [-0.15, -0.1) is 0 Å². The van der Waals surface area contributed by atoms with Crippen molar-refractivity contribution >= 4 is 21.6 Å². The predicted molar refractivity (Wildman–Crippen MR) is 139 cm³/mol. The lowest BCUT2D eigenvalue weighted by molar-refractivity contribution is 0.0728. The number of carbonyl (C=O) groups excluding carboxylic acids is 1. The summed E-state index contributed by atoms with van der Waals surface area (Å²) >= 11 is 0. The van der Waals surface area contributed by atoms with E-state index < -0.39 is 16.2 Å². The van der Waals surface area contributed by atoms with Gasteiger partial charge < -0.3 is 19.7 Å². The minimum Gasteiger partial charge on any atom is -0.454 e. The van der Waals surface area contributed by atoms with E-state index in [1.165, 1.54) is 0 Å². The number of hydrogen-bond donors (Lipinski definition) is 1. The number of ether oxygens (including phenoxy) is 2. The number of anilines is 1. The highest BCUT2D eigenvalue weighted by Gasteiger charge is 2.37. The molecule has 6 rings (SSSR count). The Hall–Kier alpha value is -3.56.